The van der Waals surface area contributed by atoms with Crippen LogP contribution >= 0.6 is 10.7 Å². The fourth-order valence-electron chi connectivity index (χ4n) is 2.56. The number of rotatable bonds is 5. The third-order valence-corrected chi connectivity index (χ3v) is 4.92. The lowest BCUT2D eigenvalue weighted by atomic mass is 10.1. The highest BCUT2D eigenvalue weighted by Gasteiger charge is 2.20. The average Bonchev–Trinajstić information content (AvgIpc) is 2.90. The van der Waals surface area contributed by atoms with Crippen LogP contribution in [0.3, 0.4) is 0 Å². The molecule has 1 saturated carbocycles. The van der Waals surface area contributed by atoms with Gasteiger partial charge in [-0.3, -0.25) is 4.79 Å². The number of methoxy groups -OCH3 is 1. The first-order chi connectivity index (χ1) is 9.90. The van der Waals surface area contributed by atoms with E-state index in [1.807, 2.05) is 0 Å². The molecule has 7 heteroatoms. The Labute approximate surface area is 129 Å². The molecule has 5 nitrogen and oxygen atoms in total. The quantitative estimate of drug-likeness (QED) is 0.840. The third kappa shape index (κ3) is 4.35. The number of ether oxygens (including phenoxy) is 1. The fourth-order valence-corrected chi connectivity index (χ4v) is 3.60. The predicted molar refractivity (Wildman–Crippen MR) is 80.1 cm³/mol. The summed E-state index contributed by atoms with van der Waals surface area (Å²) in [6.07, 6.45) is 4.43. The van der Waals surface area contributed by atoms with Gasteiger partial charge in [-0.2, -0.15) is 0 Å². The van der Waals surface area contributed by atoms with E-state index in [9.17, 15) is 13.2 Å². The summed E-state index contributed by atoms with van der Waals surface area (Å²) in [5.41, 5.74) is 0.588. The second-order valence-corrected chi connectivity index (χ2v) is 7.68. The molecule has 0 atom stereocenters. The molecule has 1 amide bonds. The molecule has 1 fully saturated rings. The van der Waals surface area contributed by atoms with Crippen molar-refractivity contribution >= 4 is 25.6 Å². The van der Waals surface area contributed by atoms with E-state index in [0.29, 0.717) is 5.56 Å². The van der Waals surface area contributed by atoms with Gasteiger partial charge in [0.15, 0.2) is 0 Å². The van der Waals surface area contributed by atoms with Gasteiger partial charge in [-0.05, 0) is 30.5 Å². The minimum absolute atomic E-state index is 0.106. The summed E-state index contributed by atoms with van der Waals surface area (Å²) < 4.78 is 28.0. The van der Waals surface area contributed by atoms with Crippen LogP contribution in [0.4, 0.5) is 0 Å². The van der Waals surface area contributed by atoms with Crippen LogP contribution in [0, 0.1) is 0 Å². The lowest BCUT2D eigenvalue weighted by Gasteiger charge is -2.12. The van der Waals surface area contributed by atoms with Crippen LogP contribution in [-0.4, -0.2) is 27.5 Å². The average molecular weight is 332 g/mol. The summed E-state index contributed by atoms with van der Waals surface area (Å²) in [7, 11) is 2.84. The normalized spacial score (nSPS) is 15.9. The molecule has 0 aliphatic heterocycles. The highest BCUT2D eigenvalue weighted by molar-refractivity contribution is 8.13. The molecule has 1 aliphatic carbocycles. The van der Waals surface area contributed by atoms with Crippen molar-refractivity contribution in [1.82, 2.24) is 5.32 Å². The molecule has 1 aromatic rings. The van der Waals surface area contributed by atoms with E-state index in [4.69, 9.17) is 15.4 Å². The molecular formula is C14H18ClNO4S. The number of nitrogens with one attached hydrogen (secondary N) is 1. The molecule has 116 valence electrons. The molecule has 1 aliphatic rings. The zero-order valence-corrected chi connectivity index (χ0v) is 13.3. The Morgan fingerprint density at radius 3 is 2.62 bits per heavy atom. The molecule has 0 heterocycles. The van der Waals surface area contributed by atoms with Gasteiger partial charge in [0, 0.05) is 16.7 Å². The fraction of sp³-hybridized carbons (Fsp3) is 0.500. The lowest BCUT2D eigenvalue weighted by Crippen LogP contribution is -2.33. The van der Waals surface area contributed by atoms with Crippen LogP contribution in [0.1, 0.15) is 31.2 Å². The van der Waals surface area contributed by atoms with Crippen molar-refractivity contribution in [3.8, 4) is 5.75 Å². The molecule has 0 spiro atoms. The van der Waals surface area contributed by atoms with Gasteiger partial charge in [-0.1, -0.05) is 18.9 Å². The van der Waals surface area contributed by atoms with Crippen LogP contribution in [-0.2, 0) is 20.3 Å². The number of carbonyl (C=O) groups is 1. The summed E-state index contributed by atoms with van der Waals surface area (Å²) in [6.45, 7) is 0. The second kappa shape index (κ2) is 6.66. The maximum absolute atomic E-state index is 12.0. The standard InChI is InChI=1S/C14H18ClNO4S/c1-20-12-7-6-10(8-13(12)21(15,18)19)9-14(17)16-11-4-2-3-5-11/h6-8,11H,2-5,9H2,1H3,(H,16,17). The smallest absolute Gasteiger partial charge is 0.264 e. The summed E-state index contributed by atoms with van der Waals surface area (Å²) in [5, 5.41) is 2.96. The van der Waals surface area contributed by atoms with Crippen LogP contribution in [0.5, 0.6) is 5.75 Å². The summed E-state index contributed by atoms with van der Waals surface area (Å²) in [4.78, 5) is 11.8. The van der Waals surface area contributed by atoms with Gasteiger partial charge in [0.2, 0.25) is 5.91 Å². The van der Waals surface area contributed by atoms with E-state index < -0.39 is 9.05 Å². The minimum atomic E-state index is -3.91. The van der Waals surface area contributed by atoms with Crippen LogP contribution in [0.25, 0.3) is 0 Å². The number of hydrogen-bond acceptors (Lipinski definition) is 4. The van der Waals surface area contributed by atoms with Gasteiger partial charge in [0.1, 0.15) is 10.6 Å². The largest absolute Gasteiger partial charge is 0.495 e. The van der Waals surface area contributed by atoms with Crippen LogP contribution < -0.4 is 10.1 Å². The van der Waals surface area contributed by atoms with E-state index in [2.05, 4.69) is 5.32 Å². The number of benzene rings is 1. The number of carbonyl (C=O) groups excluding carboxylic acids is 1. The van der Waals surface area contributed by atoms with Crippen molar-refractivity contribution in [2.24, 2.45) is 0 Å². The topological polar surface area (TPSA) is 72.5 Å². The van der Waals surface area contributed by atoms with Crippen molar-refractivity contribution < 1.29 is 17.9 Å². The highest BCUT2D eigenvalue weighted by Crippen LogP contribution is 2.28. The van der Waals surface area contributed by atoms with E-state index in [1.165, 1.54) is 19.2 Å². The van der Waals surface area contributed by atoms with Gasteiger partial charge >= 0.3 is 0 Å². The number of hydrogen-bond donors (Lipinski definition) is 1. The Morgan fingerprint density at radius 1 is 1.38 bits per heavy atom. The van der Waals surface area contributed by atoms with Gasteiger partial charge in [-0.15, -0.1) is 0 Å². The molecular weight excluding hydrogens is 314 g/mol. The van der Waals surface area contributed by atoms with Crippen molar-refractivity contribution in [3.63, 3.8) is 0 Å². The van der Waals surface area contributed by atoms with E-state index in [-0.39, 0.29) is 29.0 Å². The van der Waals surface area contributed by atoms with Crippen molar-refractivity contribution in [2.45, 2.75) is 43.0 Å². The van der Waals surface area contributed by atoms with Gasteiger partial charge < -0.3 is 10.1 Å². The Kier molecular flexibility index (Phi) is 5.11. The first-order valence-corrected chi connectivity index (χ1v) is 9.12. The maximum atomic E-state index is 12.0. The van der Waals surface area contributed by atoms with Gasteiger partial charge in [0.25, 0.3) is 9.05 Å². The molecule has 0 unspecified atom stereocenters. The van der Waals surface area contributed by atoms with E-state index >= 15 is 0 Å². The van der Waals surface area contributed by atoms with Crippen LogP contribution in [0.15, 0.2) is 23.1 Å². The SMILES string of the molecule is COc1ccc(CC(=O)NC2CCCC2)cc1S(=O)(=O)Cl. The Balaban J connectivity index is 2.11. The van der Waals surface area contributed by atoms with Crippen LogP contribution in [0.2, 0.25) is 0 Å². The van der Waals surface area contributed by atoms with Gasteiger partial charge in [0.05, 0.1) is 13.5 Å². The molecule has 0 saturated heterocycles. The van der Waals surface area contributed by atoms with Crippen molar-refractivity contribution in [1.29, 1.82) is 0 Å². The number of amides is 1. The summed E-state index contributed by atoms with van der Waals surface area (Å²) >= 11 is 0. The minimum Gasteiger partial charge on any atom is -0.495 e. The second-order valence-electron chi connectivity index (χ2n) is 5.15. The van der Waals surface area contributed by atoms with E-state index in [0.717, 1.165) is 25.7 Å². The Hall–Kier alpha value is -1.27. The predicted octanol–water partition coefficient (Wildman–Crippen LogP) is 2.22. The molecule has 0 radical (unpaired) electrons. The summed E-state index contributed by atoms with van der Waals surface area (Å²) in [5.74, 6) is 0.0648. The summed E-state index contributed by atoms with van der Waals surface area (Å²) in [6, 6.07) is 4.80. The molecule has 0 bridgehead atoms. The first kappa shape index (κ1) is 16.1. The molecule has 1 aromatic carbocycles. The van der Waals surface area contributed by atoms with Crippen molar-refractivity contribution in [3.05, 3.63) is 23.8 Å². The third-order valence-electron chi connectivity index (χ3n) is 3.58. The van der Waals surface area contributed by atoms with Crippen molar-refractivity contribution in [2.75, 3.05) is 7.11 Å². The molecule has 0 aromatic heterocycles. The Bertz CT molecular complexity index is 624. The monoisotopic (exact) mass is 331 g/mol. The number of halogens is 1. The van der Waals surface area contributed by atoms with Gasteiger partial charge in [-0.25, -0.2) is 8.42 Å². The maximum Gasteiger partial charge on any atom is 0.264 e. The zero-order valence-electron chi connectivity index (χ0n) is 11.8. The zero-order chi connectivity index (χ0) is 15.5. The molecule has 1 N–H and O–H groups in total. The lowest BCUT2D eigenvalue weighted by molar-refractivity contribution is -0.121. The molecule has 2 rings (SSSR count). The van der Waals surface area contributed by atoms with E-state index in [1.54, 1.807) is 6.07 Å². The Morgan fingerprint density at radius 2 is 2.05 bits per heavy atom. The highest BCUT2D eigenvalue weighted by atomic mass is 35.7. The first-order valence-electron chi connectivity index (χ1n) is 6.81. The molecule has 21 heavy (non-hydrogen) atoms.